The van der Waals surface area contributed by atoms with Crippen LogP contribution in [0.15, 0.2) is 72.8 Å². The molecule has 0 aliphatic rings. The lowest BCUT2D eigenvalue weighted by atomic mass is 10.2. The van der Waals surface area contributed by atoms with Gasteiger partial charge < -0.3 is 15.4 Å². The predicted molar refractivity (Wildman–Crippen MR) is 111 cm³/mol. The lowest BCUT2D eigenvalue weighted by molar-refractivity contribution is -0.122. The van der Waals surface area contributed by atoms with Crippen LogP contribution in [0.4, 0.5) is 15.8 Å². The zero-order chi connectivity index (χ0) is 20.8. The Hall–Kier alpha value is -3.67. The van der Waals surface area contributed by atoms with Crippen LogP contribution >= 0.6 is 0 Å². The van der Waals surface area contributed by atoms with E-state index >= 15 is 0 Å². The van der Waals surface area contributed by atoms with Crippen molar-refractivity contribution < 1.29 is 18.7 Å². The highest BCUT2D eigenvalue weighted by molar-refractivity contribution is 6.04. The van der Waals surface area contributed by atoms with Gasteiger partial charge in [0.2, 0.25) is 0 Å². The third-order valence-electron chi connectivity index (χ3n) is 4.30. The summed E-state index contributed by atoms with van der Waals surface area (Å²) in [5, 5.41) is 5.52. The van der Waals surface area contributed by atoms with E-state index in [2.05, 4.69) is 10.6 Å². The fourth-order valence-electron chi connectivity index (χ4n) is 2.63. The van der Waals surface area contributed by atoms with Gasteiger partial charge in [-0.1, -0.05) is 18.2 Å². The summed E-state index contributed by atoms with van der Waals surface area (Å²) in [5.41, 5.74) is 2.61. The van der Waals surface area contributed by atoms with Gasteiger partial charge >= 0.3 is 0 Å². The third kappa shape index (κ3) is 5.42. The number of aryl methyl sites for hydroxylation is 1. The van der Waals surface area contributed by atoms with E-state index in [1.807, 2.05) is 31.2 Å². The molecule has 0 aromatic heterocycles. The SMILES string of the molecule is Cc1ccccc1NC(=O)C(C)Oc1ccc(C(=O)Nc2ccc(F)cc2)cc1. The second-order valence-corrected chi connectivity index (χ2v) is 6.55. The van der Waals surface area contributed by atoms with Crippen LogP contribution in [0.2, 0.25) is 0 Å². The molecule has 3 rings (SSSR count). The van der Waals surface area contributed by atoms with Gasteiger partial charge in [-0.25, -0.2) is 4.39 Å². The molecular formula is C23H21FN2O3. The fraction of sp³-hybridized carbons (Fsp3) is 0.130. The number of para-hydroxylation sites is 1. The Bertz CT molecular complexity index is 1000. The van der Waals surface area contributed by atoms with Crippen LogP contribution in [0.1, 0.15) is 22.8 Å². The number of carbonyl (C=O) groups is 2. The van der Waals surface area contributed by atoms with E-state index in [0.717, 1.165) is 11.3 Å². The molecule has 0 radical (unpaired) electrons. The summed E-state index contributed by atoms with van der Waals surface area (Å²) in [6.45, 7) is 3.57. The standard InChI is InChI=1S/C23H21FN2O3/c1-15-5-3-4-6-21(15)26-22(27)16(2)29-20-13-7-17(8-14-20)23(28)25-19-11-9-18(24)10-12-19/h3-14,16H,1-2H3,(H,25,28)(H,26,27). The molecule has 0 aliphatic heterocycles. The number of halogens is 1. The number of rotatable bonds is 6. The summed E-state index contributed by atoms with van der Waals surface area (Å²) in [4.78, 5) is 24.6. The van der Waals surface area contributed by atoms with Crippen molar-refractivity contribution in [3.8, 4) is 5.75 Å². The van der Waals surface area contributed by atoms with Crippen LogP contribution in [0.3, 0.4) is 0 Å². The molecule has 0 saturated carbocycles. The second-order valence-electron chi connectivity index (χ2n) is 6.55. The van der Waals surface area contributed by atoms with E-state index in [1.54, 1.807) is 31.2 Å². The van der Waals surface area contributed by atoms with Gasteiger partial charge in [0.25, 0.3) is 11.8 Å². The number of hydrogen-bond donors (Lipinski definition) is 2. The number of anilines is 2. The van der Waals surface area contributed by atoms with Crippen molar-refractivity contribution in [2.45, 2.75) is 20.0 Å². The van der Waals surface area contributed by atoms with Gasteiger partial charge in [-0.2, -0.15) is 0 Å². The Morgan fingerprint density at radius 1 is 0.897 bits per heavy atom. The van der Waals surface area contributed by atoms with Crippen LogP contribution in [0, 0.1) is 12.7 Å². The molecule has 0 fully saturated rings. The van der Waals surface area contributed by atoms with E-state index < -0.39 is 6.10 Å². The van der Waals surface area contributed by atoms with Gasteiger partial charge in [0.15, 0.2) is 6.10 Å². The minimum absolute atomic E-state index is 0.266. The van der Waals surface area contributed by atoms with Gasteiger partial charge in [-0.3, -0.25) is 9.59 Å². The summed E-state index contributed by atoms with van der Waals surface area (Å²) >= 11 is 0. The summed E-state index contributed by atoms with van der Waals surface area (Å²) in [7, 11) is 0. The van der Waals surface area contributed by atoms with Crippen LogP contribution < -0.4 is 15.4 Å². The maximum atomic E-state index is 12.9. The molecule has 148 valence electrons. The molecule has 2 N–H and O–H groups in total. The molecule has 3 aromatic carbocycles. The summed E-state index contributed by atoms with van der Waals surface area (Å²) in [6, 6.07) is 19.5. The Morgan fingerprint density at radius 2 is 1.55 bits per heavy atom. The molecule has 0 aliphatic carbocycles. The summed E-state index contributed by atoms with van der Waals surface area (Å²) in [6.07, 6.45) is -0.714. The largest absolute Gasteiger partial charge is 0.481 e. The van der Waals surface area contributed by atoms with Crippen molar-refractivity contribution in [1.29, 1.82) is 0 Å². The van der Waals surface area contributed by atoms with E-state index in [0.29, 0.717) is 17.0 Å². The zero-order valence-electron chi connectivity index (χ0n) is 16.1. The highest BCUT2D eigenvalue weighted by atomic mass is 19.1. The lowest BCUT2D eigenvalue weighted by Gasteiger charge is -2.16. The molecule has 0 bridgehead atoms. The number of hydrogen-bond acceptors (Lipinski definition) is 3. The van der Waals surface area contributed by atoms with Crippen molar-refractivity contribution in [2.24, 2.45) is 0 Å². The number of carbonyl (C=O) groups excluding carboxylic acids is 2. The second kappa shape index (κ2) is 9.01. The van der Waals surface area contributed by atoms with Crippen molar-refractivity contribution >= 4 is 23.2 Å². The fourth-order valence-corrected chi connectivity index (χ4v) is 2.63. The quantitative estimate of drug-likeness (QED) is 0.634. The van der Waals surface area contributed by atoms with Gasteiger partial charge in [-0.15, -0.1) is 0 Å². The molecule has 5 nitrogen and oxygen atoms in total. The molecule has 1 atom stereocenters. The van der Waals surface area contributed by atoms with Crippen molar-refractivity contribution in [3.63, 3.8) is 0 Å². The third-order valence-corrected chi connectivity index (χ3v) is 4.30. The first-order valence-electron chi connectivity index (χ1n) is 9.12. The van der Waals surface area contributed by atoms with Crippen LogP contribution in [-0.4, -0.2) is 17.9 Å². The number of nitrogens with one attached hydrogen (secondary N) is 2. The smallest absolute Gasteiger partial charge is 0.265 e. The van der Waals surface area contributed by atoms with Gasteiger partial charge in [0.05, 0.1) is 0 Å². The highest BCUT2D eigenvalue weighted by Gasteiger charge is 2.16. The first-order valence-corrected chi connectivity index (χ1v) is 9.12. The molecule has 29 heavy (non-hydrogen) atoms. The summed E-state index contributed by atoms with van der Waals surface area (Å²) < 4.78 is 18.6. The maximum Gasteiger partial charge on any atom is 0.265 e. The molecular weight excluding hydrogens is 371 g/mol. The molecule has 2 amide bonds. The number of amides is 2. The highest BCUT2D eigenvalue weighted by Crippen LogP contribution is 2.18. The Balaban J connectivity index is 1.58. The molecule has 0 spiro atoms. The van der Waals surface area contributed by atoms with Crippen molar-refractivity contribution in [2.75, 3.05) is 10.6 Å². The van der Waals surface area contributed by atoms with Gasteiger partial charge in [0, 0.05) is 16.9 Å². The summed E-state index contributed by atoms with van der Waals surface area (Å²) in [5.74, 6) is -0.494. The first-order chi connectivity index (χ1) is 13.9. The monoisotopic (exact) mass is 392 g/mol. The minimum atomic E-state index is -0.714. The van der Waals surface area contributed by atoms with Crippen LogP contribution in [0.5, 0.6) is 5.75 Å². The molecule has 3 aromatic rings. The Morgan fingerprint density at radius 3 is 2.21 bits per heavy atom. The average Bonchev–Trinajstić information content (AvgIpc) is 2.72. The van der Waals surface area contributed by atoms with Crippen LogP contribution in [-0.2, 0) is 4.79 Å². The van der Waals surface area contributed by atoms with E-state index in [9.17, 15) is 14.0 Å². The minimum Gasteiger partial charge on any atom is -0.481 e. The topological polar surface area (TPSA) is 67.4 Å². The lowest BCUT2D eigenvalue weighted by Crippen LogP contribution is -2.30. The van der Waals surface area contributed by atoms with Gasteiger partial charge in [0.1, 0.15) is 11.6 Å². The Labute approximate surface area is 168 Å². The van der Waals surface area contributed by atoms with E-state index in [4.69, 9.17) is 4.74 Å². The van der Waals surface area contributed by atoms with Crippen molar-refractivity contribution in [1.82, 2.24) is 0 Å². The zero-order valence-corrected chi connectivity index (χ0v) is 16.1. The van der Waals surface area contributed by atoms with E-state index in [1.165, 1.54) is 24.3 Å². The van der Waals surface area contributed by atoms with Crippen LogP contribution in [0.25, 0.3) is 0 Å². The molecule has 0 saturated heterocycles. The van der Waals surface area contributed by atoms with E-state index in [-0.39, 0.29) is 17.6 Å². The Kier molecular flexibility index (Phi) is 6.24. The number of ether oxygens (including phenoxy) is 1. The van der Waals surface area contributed by atoms with Crippen molar-refractivity contribution in [3.05, 3.63) is 89.7 Å². The first kappa shape index (κ1) is 20.1. The molecule has 1 unspecified atom stereocenters. The maximum absolute atomic E-state index is 12.9. The molecule has 6 heteroatoms. The molecule has 0 heterocycles. The normalized spacial score (nSPS) is 11.4. The number of benzene rings is 3. The average molecular weight is 392 g/mol. The van der Waals surface area contributed by atoms with Gasteiger partial charge in [-0.05, 0) is 74.0 Å². The predicted octanol–water partition coefficient (Wildman–Crippen LogP) is 4.79.